The average Bonchev–Trinajstić information content (AvgIpc) is 2.43. The van der Waals surface area contributed by atoms with Gasteiger partial charge in [0.25, 0.3) is 0 Å². The number of morpholine rings is 1. The molecule has 0 saturated carbocycles. The molecule has 1 aliphatic heterocycles. The van der Waals surface area contributed by atoms with Crippen LogP contribution in [0.15, 0.2) is 24.3 Å². The van der Waals surface area contributed by atoms with Crippen LogP contribution in [-0.4, -0.2) is 50.3 Å². The first-order chi connectivity index (χ1) is 9.78. The number of hydrogen-bond donors (Lipinski definition) is 1. The van der Waals surface area contributed by atoms with E-state index >= 15 is 0 Å². The lowest BCUT2D eigenvalue weighted by atomic mass is 9.74. The Labute approximate surface area is 122 Å². The van der Waals surface area contributed by atoms with Gasteiger partial charge in [-0.15, -0.1) is 0 Å². The maximum Gasteiger partial charge on any atom is 0.0855 e. The fourth-order valence-corrected chi connectivity index (χ4v) is 3.56. The first kappa shape index (κ1) is 14.1. The summed E-state index contributed by atoms with van der Waals surface area (Å²) in [6.07, 6.45) is 2.77. The minimum atomic E-state index is 0.335. The Hall–Kier alpha value is -0.900. The van der Waals surface area contributed by atoms with E-state index in [9.17, 15) is 0 Å². The van der Waals surface area contributed by atoms with E-state index in [1.807, 2.05) is 0 Å². The normalized spacial score (nSPS) is 27.7. The standard InChI is InChI=1S/C17H26N2O/c1-3-18-16(17-12-19(2)8-9-20-17)11-14-10-13-6-4-5-7-15(13)14/h4-7,14,16-18H,3,8-12H2,1-2H3. The first-order valence-electron chi connectivity index (χ1n) is 7.89. The van der Waals surface area contributed by atoms with E-state index in [1.165, 1.54) is 18.4 Å². The van der Waals surface area contributed by atoms with Crippen molar-refractivity contribution in [1.82, 2.24) is 10.2 Å². The van der Waals surface area contributed by atoms with E-state index in [4.69, 9.17) is 4.74 Å². The molecule has 3 nitrogen and oxygen atoms in total. The predicted molar refractivity (Wildman–Crippen MR) is 82.2 cm³/mol. The third kappa shape index (κ3) is 2.90. The lowest BCUT2D eigenvalue weighted by molar-refractivity contribution is -0.0410. The SMILES string of the molecule is CCNC(CC1Cc2ccccc21)C1CN(C)CCO1. The van der Waals surface area contributed by atoms with E-state index in [0.717, 1.165) is 26.2 Å². The molecule has 1 aliphatic carbocycles. The number of nitrogens with one attached hydrogen (secondary N) is 1. The summed E-state index contributed by atoms with van der Waals surface area (Å²) in [7, 11) is 2.19. The van der Waals surface area contributed by atoms with Crippen molar-refractivity contribution in [2.24, 2.45) is 0 Å². The quantitative estimate of drug-likeness (QED) is 0.889. The van der Waals surface area contributed by atoms with Crippen molar-refractivity contribution in [3.05, 3.63) is 35.4 Å². The summed E-state index contributed by atoms with van der Waals surface area (Å²) in [6, 6.07) is 9.34. The zero-order valence-electron chi connectivity index (χ0n) is 12.6. The fourth-order valence-electron chi connectivity index (χ4n) is 3.56. The van der Waals surface area contributed by atoms with Crippen molar-refractivity contribution in [2.75, 3.05) is 33.3 Å². The molecule has 3 unspecified atom stereocenters. The molecule has 3 heteroatoms. The van der Waals surface area contributed by atoms with Crippen LogP contribution in [0.3, 0.4) is 0 Å². The Morgan fingerprint density at radius 1 is 1.40 bits per heavy atom. The molecular formula is C17H26N2O. The van der Waals surface area contributed by atoms with Gasteiger partial charge in [-0.1, -0.05) is 31.2 Å². The second-order valence-corrected chi connectivity index (χ2v) is 6.17. The molecule has 1 aromatic rings. The molecule has 1 saturated heterocycles. The van der Waals surface area contributed by atoms with Gasteiger partial charge in [0, 0.05) is 19.1 Å². The van der Waals surface area contributed by atoms with Gasteiger partial charge in [-0.25, -0.2) is 0 Å². The molecule has 110 valence electrons. The van der Waals surface area contributed by atoms with Crippen LogP contribution in [0.2, 0.25) is 0 Å². The first-order valence-corrected chi connectivity index (χ1v) is 7.89. The third-order valence-corrected chi connectivity index (χ3v) is 4.71. The molecule has 1 aromatic carbocycles. The smallest absolute Gasteiger partial charge is 0.0855 e. The number of hydrogen-bond acceptors (Lipinski definition) is 3. The van der Waals surface area contributed by atoms with Gasteiger partial charge < -0.3 is 15.0 Å². The molecule has 1 heterocycles. The molecule has 20 heavy (non-hydrogen) atoms. The van der Waals surface area contributed by atoms with Gasteiger partial charge in [-0.3, -0.25) is 0 Å². The molecule has 1 fully saturated rings. The van der Waals surface area contributed by atoms with Crippen molar-refractivity contribution in [3.8, 4) is 0 Å². The Balaban J connectivity index is 1.63. The second-order valence-electron chi connectivity index (χ2n) is 6.17. The molecule has 0 amide bonds. The molecule has 0 bridgehead atoms. The van der Waals surface area contributed by atoms with Gasteiger partial charge in [-0.2, -0.15) is 0 Å². The highest BCUT2D eigenvalue weighted by Crippen LogP contribution is 2.38. The maximum atomic E-state index is 6.02. The Morgan fingerprint density at radius 2 is 2.25 bits per heavy atom. The molecule has 0 aromatic heterocycles. The van der Waals surface area contributed by atoms with Gasteiger partial charge in [-0.05, 0) is 43.5 Å². The number of rotatable bonds is 5. The number of benzene rings is 1. The van der Waals surface area contributed by atoms with Gasteiger partial charge >= 0.3 is 0 Å². The van der Waals surface area contributed by atoms with Gasteiger partial charge in [0.15, 0.2) is 0 Å². The third-order valence-electron chi connectivity index (χ3n) is 4.71. The lowest BCUT2D eigenvalue weighted by Crippen LogP contribution is -2.52. The van der Waals surface area contributed by atoms with Crippen molar-refractivity contribution < 1.29 is 4.74 Å². The Kier molecular flexibility index (Phi) is 4.39. The number of likely N-dealkylation sites (N-methyl/N-ethyl adjacent to an activating group) is 2. The van der Waals surface area contributed by atoms with Crippen LogP contribution in [0, 0.1) is 0 Å². The molecule has 0 spiro atoms. The van der Waals surface area contributed by atoms with Crippen molar-refractivity contribution in [3.63, 3.8) is 0 Å². The highest BCUT2D eigenvalue weighted by Gasteiger charge is 2.33. The second kappa shape index (κ2) is 6.25. The summed E-state index contributed by atoms with van der Waals surface area (Å²) in [6.45, 7) is 6.18. The molecule has 1 N–H and O–H groups in total. The summed E-state index contributed by atoms with van der Waals surface area (Å²) in [5, 5.41) is 3.65. The highest BCUT2D eigenvalue weighted by atomic mass is 16.5. The van der Waals surface area contributed by atoms with E-state index in [0.29, 0.717) is 18.1 Å². The summed E-state index contributed by atoms with van der Waals surface area (Å²) >= 11 is 0. The number of fused-ring (bicyclic) bond motifs is 1. The van der Waals surface area contributed by atoms with E-state index in [-0.39, 0.29) is 0 Å². The van der Waals surface area contributed by atoms with Crippen LogP contribution >= 0.6 is 0 Å². The summed E-state index contributed by atoms with van der Waals surface area (Å²) < 4.78 is 6.02. The zero-order chi connectivity index (χ0) is 13.9. The number of nitrogens with zero attached hydrogens (tertiary/aromatic N) is 1. The molecule has 3 atom stereocenters. The van der Waals surface area contributed by atoms with Crippen LogP contribution in [0.25, 0.3) is 0 Å². The molecular weight excluding hydrogens is 248 g/mol. The van der Waals surface area contributed by atoms with Crippen molar-refractivity contribution >= 4 is 0 Å². The zero-order valence-corrected chi connectivity index (χ0v) is 12.6. The van der Waals surface area contributed by atoms with E-state index in [1.54, 1.807) is 5.56 Å². The van der Waals surface area contributed by atoms with Gasteiger partial charge in [0.05, 0.1) is 12.7 Å². The predicted octanol–water partition coefficient (Wildman–Crippen LogP) is 2.03. The van der Waals surface area contributed by atoms with Crippen LogP contribution < -0.4 is 5.32 Å². The van der Waals surface area contributed by atoms with Crippen LogP contribution in [0.4, 0.5) is 0 Å². The summed E-state index contributed by atoms with van der Waals surface area (Å²) in [4.78, 5) is 2.38. The average molecular weight is 274 g/mol. The molecule has 2 aliphatic rings. The minimum Gasteiger partial charge on any atom is -0.374 e. The molecule has 3 rings (SSSR count). The van der Waals surface area contributed by atoms with Crippen LogP contribution in [0.5, 0.6) is 0 Å². The van der Waals surface area contributed by atoms with Crippen molar-refractivity contribution in [1.29, 1.82) is 0 Å². The van der Waals surface area contributed by atoms with Crippen LogP contribution in [0.1, 0.15) is 30.4 Å². The lowest BCUT2D eigenvalue weighted by Gasteiger charge is -2.39. The van der Waals surface area contributed by atoms with Crippen LogP contribution in [-0.2, 0) is 11.2 Å². The van der Waals surface area contributed by atoms with Gasteiger partial charge in [0.2, 0.25) is 0 Å². The highest BCUT2D eigenvalue weighted by molar-refractivity contribution is 5.40. The number of ether oxygens (including phenoxy) is 1. The minimum absolute atomic E-state index is 0.335. The fraction of sp³-hybridized carbons (Fsp3) is 0.647. The van der Waals surface area contributed by atoms with Gasteiger partial charge in [0.1, 0.15) is 0 Å². The molecule has 0 radical (unpaired) electrons. The Morgan fingerprint density at radius 3 is 3.00 bits per heavy atom. The van der Waals surface area contributed by atoms with E-state index < -0.39 is 0 Å². The maximum absolute atomic E-state index is 6.02. The van der Waals surface area contributed by atoms with E-state index in [2.05, 4.69) is 48.5 Å². The van der Waals surface area contributed by atoms with Crippen molar-refractivity contribution in [2.45, 2.75) is 37.8 Å². The summed E-state index contributed by atoms with van der Waals surface area (Å²) in [5.74, 6) is 0.714. The largest absolute Gasteiger partial charge is 0.374 e. The topological polar surface area (TPSA) is 24.5 Å². The monoisotopic (exact) mass is 274 g/mol. The summed E-state index contributed by atoms with van der Waals surface area (Å²) in [5.41, 5.74) is 3.09. The Bertz CT molecular complexity index is 448.